The van der Waals surface area contributed by atoms with E-state index in [1.807, 2.05) is 12.2 Å². The van der Waals surface area contributed by atoms with Crippen molar-refractivity contribution in [3.63, 3.8) is 0 Å². The van der Waals surface area contributed by atoms with Gasteiger partial charge in [-0.05, 0) is 54.3 Å². The van der Waals surface area contributed by atoms with E-state index in [1.54, 1.807) is 24.3 Å². The summed E-state index contributed by atoms with van der Waals surface area (Å²) >= 11 is 18.6. The number of fused-ring (bicyclic) bond motifs is 3. The zero-order valence-corrected chi connectivity index (χ0v) is 21.0. The van der Waals surface area contributed by atoms with Gasteiger partial charge in [0.05, 0.1) is 31.6 Å². The fourth-order valence-corrected chi connectivity index (χ4v) is 6.46. The van der Waals surface area contributed by atoms with Gasteiger partial charge in [0.1, 0.15) is 0 Å². The number of allylic oxidation sites excluding steroid dienone is 2. The molecule has 5 rings (SSSR count). The average molecular weight is 551 g/mol. The minimum absolute atomic E-state index is 0.00953. The molecule has 0 saturated carbocycles. The first-order valence-corrected chi connectivity index (χ1v) is 13.3. The highest BCUT2D eigenvalue weighted by Crippen LogP contribution is 2.51. The zero-order valence-electron chi connectivity index (χ0n) is 17.9. The molecule has 35 heavy (non-hydrogen) atoms. The number of nitrogens with zero attached hydrogens (tertiary/aromatic N) is 1. The van der Waals surface area contributed by atoms with Crippen LogP contribution in [0, 0.1) is 16.0 Å². The molecule has 0 unspecified atom stereocenters. The molecule has 3 atom stereocenters. The Morgan fingerprint density at radius 3 is 2.57 bits per heavy atom. The van der Waals surface area contributed by atoms with Crippen LogP contribution in [0.1, 0.15) is 29.5 Å². The smallest absolute Gasteiger partial charge is 0.269 e. The Kier molecular flexibility index (Phi) is 6.17. The van der Waals surface area contributed by atoms with Crippen LogP contribution in [0.2, 0.25) is 15.1 Å². The van der Waals surface area contributed by atoms with Crippen molar-refractivity contribution in [1.82, 2.24) is 0 Å². The van der Waals surface area contributed by atoms with Gasteiger partial charge in [-0.15, -0.1) is 0 Å². The molecule has 2 N–H and O–H groups in total. The lowest BCUT2D eigenvalue weighted by atomic mass is 9.77. The molecule has 0 radical (unpaired) electrons. The Hall–Kier alpha value is -2.78. The van der Waals surface area contributed by atoms with Crippen LogP contribution in [0.3, 0.4) is 0 Å². The normalized spacial score (nSPS) is 20.6. The summed E-state index contributed by atoms with van der Waals surface area (Å²) in [4.78, 5) is 11.0. The van der Waals surface area contributed by atoms with Crippen LogP contribution in [0.5, 0.6) is 0 Å². The van der Waals surface area contributed by atoms with Crippen molar-refractivity contribution in [2.45, 2.75) is 23.3 Å². The van der Waals surface area contributed by atoms with Gasteiger partial charge in [0.15, 0.2) is 0 Å². The molecule has 0 spiro atoms. The lowest BCUT2D eigenvalue weighted by Crippen LogP contribution is -2.29. The lowest BCUT2D eigenvalue weighted by Gasteiger charge is -2.38. The molecule has 11 heteroatoms. The second kappa shape index (κ2) is 9.02. The summed E-state index contributed by atoms with van der Waals surface area (Å²) in [5, 5.41) is 15.6. The summed E-state index contributed by atoms with van der Waals surface area (Å²) in [5.74, 6) is -0.0771. The van der Waals surface area contributed by atoms with E-state index in [4.69, 9.17) is 34.8 Å². The van der Waals surface area contributed by atoms with Crippen molar-refractivity contribution in [1.29, 1.82) is 0 Å². The van der Waals surface area contributed by atoms with Gasteiger partial charge in [-0.1, -0.05) is 53.0 Å². The lowest BCUT2D eigenvalue weighted by molar-refractivity contribution is -0.384. The minimum atomic E-state index is -3.94. The number of nitro benzene ring substituents is 1. The molecule has 1 aliphatic carbocycles. The zero-order chi connectivity index (χ0) is 24.9. The van der Waals surface area contributed by atoms with Crippen LogP contribution >= 0.6 is 34.8 Å². The van der Waals surface area contributed by atoms with E-state index in [2.05, 4.69) is 10.0 Å². The number of sulfonamides is 1. The molecule has 0 aromatic heterocycles. The molecule has 1 aliphatic heterocycles. The van der Waals surface area contributed by atoms with Gasteiger partial charge in [-0.3, -0.25) is 14.8 Å². The number of non-ortho nitro benzene ring substituents is 1. The van der Waals surface area contributed by atoms with Crippen LogP contribution in [0.4, 0.5) is 17.1 Å². The largest absolute Gasteiger partial charge is 0.378 e. The third kappa shape index (κ3) is 4.36. The monoisotopic (exact) mass is 549 g/mol. The first-order chi connectivity index (χ1) is 16.7. The van der Waals surface area contributed by atoms with E-state index in [9.17, 15) is 18.5 Å². The quantitative estimate of drug-likeness (QED) is 0.199. The predicted octanol–water partition coefficient (Wildman–Crippen LogP) is 7.18. The molecule has 0 saturated heterocycles. The van der Waals surface area contributed by atoms with Gasteiger partial charge in [0.2, 0.25) is 0 Å². The number of anilines is 2. The summed E-state index contributed by atoms with van der Waals surface area (Å²) < 4.78 is 28.8. The highest BCUT2D eigenvalue weighted by molar-refractivity contribution is 7.92. The van der Waals surface area contributed by atoms with Crippen LogP contribution in [-0.2, 0) is 10.0 Å². The molecule has 0 amide bonds. The third-order valence-electron chi connectivity index (χ3n) is 6.37. The molecular weight excluding hydrogens is 533 g/mol. The number of halogens is 3. The van der Waals surface area contributed by atoms with Gasteiger partial charge in [0, 0.05) is 34.3 Å². The van der Waals surface area contributed by atoms with E-state index in [0.29, 0.717) is 17.0 Å². The van der Waals surface area contributed by atoms with E-state index in [-0.39, 0.29) is 44.2 Å². The number of hydrogen-bond donors (Lipinski definition) is 2. The maximum absolute atomic E-state index is 13.1. The maximum Gasteiger partial charge on any atom is 0.269 e. The first kappa shape index (κ1) is 23.9. The average Bonchev–Trinajstić information content (AvgIpc) is 3.32. The summed E-state index contributed by atoms with van der Waals surface area (Å²) in [7, 11) is -3.94. The van der Waals surface area contributed by atoms with Crippen molar-refractivity contribution < 1.29 is 13.3 Å². The van der Waals surface area contributed by atoms with E-state index < -0.39 is 14.9 Å². The van der Waals surface area contributed by atoms with Gasteiger partial charge in [-0.2, -0.15) is 0 Å². The Balaban J connectivity index is 1.52. The number of nitrogens with one attached hydrogen (secondary N) is 2. The molecule has 0 bridgehead atoms. The van der Waals surface area contributed by atoms with E-state index in [0.717, 1.165) is 11.3 Å². The highest BCUT2D eigenvalue weighted by atomic mass is 35.5. The molecule has 7 nitrogen and oxygen atoms in total. The Labute approximate surface area is 216 Å². The van der Waals surface area contributed by atoms with E-state index in [1.165, 1.54) is 30.3 Å². The van der Waals surface area contributed by atoms with Gasteiger partial charge < -0.3 is 5.32 Å². The van der Waals surface area contributed by atoms with Crippen molar-refractivity contribution in [2.24, 2.45) is 5.92 Å². The molecule has 0 fully saturated rings. The minimum Gasteiger partial charge on any atom is -0.378 e. The van der Waals surface area contributed by atoms with Gasteiger partial charge >= 0.3 is 0 Å². The van der Waals surface area contributed by atoms with Gasteiger partial charge in [-0.25, -0.2) is 8.42 Å². The fraction of sp³-hybridized carbons (Fsp3) is 0.167. The van der Waals surface area contributed by atoms with Crippen LogP contribution in [0.25, 0.3) is 0 Å². The van der Waals surface area contributed by atoms with E-state index >= 15 is 0 Å². The van der Waals surface area contributed by atoms with Gasteiger partial charge in [0.25, 0.3) is 15.7 Å². The van der Waals surface area contributed by atoms with Crippen molar-refractivity contribution in [3.05, 3.63) is 103 Å². The summed E-state index contributed by atoms with van der Waals surface area (Å²) in [6, 6.07) is 13.7. The second-order valence-corrected chi connectivity index (χ2v) is 11.3. The SMILES string of the molecule is O=[N+]([O-])c1ccc(Cl)c([C@H]2Nc3ccc(S(=O)(=O)Nc4cccc(Cl)c4Cl)cc3[C@H]3C=CC[C@H]32)c1. The van der Waals surface area contributed by atoms with Crippen molar-refractivity contribution >= 4 is 61.9 Å². The Morgan fingerprint density at radius 1 is 1.00 bits per heavy atom. The molecule has 3 aromatic carbocycles. The highest BCUT2D eigenvalue weighted by Gasteiger charge is 2.39. The summed E-state index contributed by atoms with van der Waals surface area (Å²) in [6.45, 7) is 0. The number of nitro groups is 1. The number of hydrogen-bond acceptors (Lipinski definition) is 5. The predicted molar refractivity (Wildman–Crippen MR) is 138 cm³/mol. The molecule has 180 valence electrons. The van der Waals surface area contributed by atoms with Crippen LogP contribution in [-0.4, -0.2) is 13.3 Å². The molecule has 2 aliphatic rings. The molecule has 3 aromatic rings. The standard InChI is InChI=1S/C24H18Cl3N3O4S/c25-19-9-7-13(30(31)32)11-18(19)24-16-4-1-3-15(16)17-12-14(8-10-21(17)28-24)35(33,34)29-22-6-2-5-20(26)23(22)27/h1-3,5-12,15-16,24,28-29H,4H2/t15-,16+,24-/m0/s1. The summed E-state index contributed by atoms with van der Waals surface area (Å²) in [5.41, 5.74) is 2.35. The topological polar surface area (TPSA) is 101 Å². The maximum atomic E-state index is 13.1. The fourth-order valence-electron chi connectivity index (χ4n) is 4.72. The summed E-state index contributed by atoms with van der Waals surface area (Å²) in [6.07, 6.45) is 4.80. The number of rotatable bonds is 5. The first-order valence-electron chi connectivity index (χ1n) is 10.6. The van der Waals surface area contributed by atoms with Crippen LogP contribution < -0.4 is 10.0 Å². The molecule has 1 heterocycles. The van der Waals surface area contributed by atoms with Crippen molar-refractivity contribution in [2.75, 3.05) is 10.0 Å². The Morgan fingerprint density at radius 2 is 1.80 bits per heavy atom. The number of benzene rings is 3. The Bertz CT molecular complexity index is 1490. The van der Waals surface area contributed by atoms with Crippen molar-refractivity contribution in [3.8, 4) is 0 Å². The van der Waals surface area contributed by atoms with Crippen LogP contribution in [0.15, 0.2) is 71.6 Å². The third-order valence-corrected chi connectivity index (χ3v) is 8.89. The molecular formula is C24H18Cl3N3O4S. The second-order valence-electron chi connectivity index (χ2n) is 8.39.